The number of rotatable bonds is 2. The number of thiophene rings is 1. The maximum Gasteiger partial charge on any atom is 0.0846 e. The lowest BCUT2D eigenvalue weighted by Crippen LogP contribution is -1.95. The molecule has 1 aliphatic rings. The highest BCUT2D eigenvalue weighted by molar-refractivity contribution is 9.11. The van der Waals surface area contributed by atoms with Crippen LogP contribution in [0, 0.1) is 6.92 Å². The smallest absolute Gasteiger partial charge is 0.0846 e. The van der Waals surface area contributed by atoms with E-state index in [1.807, 2.05) is 0 Å². The van der Waals surface area contributed by atoms with E-state index in [-0.39, 0.29) is 5.38 Å². The Labute approximate surface area is 124 Å². The van der Waals surface area contributed by atoms with Crippen molar-refractivity contribution >= 4 is 38.9 Å². The number of fused-ring (bicyclic) bond motifs is 1. The van der Waals surface area contributed by atoms with Gasteiger partial charge >= 0.3 is 0 Å². The van der Waals surface area contributed by atoms with Gasteiger partial charge in [-0.1, -0.05) is 18.2 Å². The van der Waals surface area contributed by atoms with E-state index < -0.39 is 0 Å². The highest BCUT2D eigenvalue weighted by Crippen LogP contribution is 2.38. The third kappa shape index (κ3) is 2.25. The minimum Gasteiger partial charge on any atom is -0.372 e. The Balaban J connectivity index is 1.97. The zero-order chi connectivity index (χ0) is 12.7. The standard InChI is InChI=1S/C14H12BrClOS/c1-8-12(5-13(15)18-8)14(16)9-2-3-10-6-17-7-11(10)4-9/h2-5,14H,6-7H2,1H3. The van der Waals surface area contributed by atoms with Crippen LogP contribution in [0.3, 0.4) is 0 Å². The molecule has 0 N–H and O–H groups in total. The number of hydrogen-bond acceptors (Lipinski definition) is 2. The first kappa shape index (κ1) is 12.7. The number of aryl methyl sites for hydroxylation is 1. The van der Waals surface area contributed by atoms with Crippen LogP contribution in [-0.2, 0) is 18.0 Å². The molecule has 2 aromatic rings. The van der Waals surface area contributed by atoms with Crippen LogP contribution < -0.4 is 0 Å². The molecule has 1 atom stereocenters. The average molecular weight is 344 g/mol. The molecule has 2 heterocycles. The maximum atomic E-state index is 6.60. The third-order valence-corrected chi connectivity index (χ3v) is 5.29. The molecule has 0 saturated carbocycles. The Kier molecular flexibility index (Phi) is 3.50. The van der Waals surface area contributed by atoms with Gasteiger partial charge in [-0.05, 0) is 51.2 Å². The van der Waals surface area contributed by atoms with E-state index in [4.69, 9.17) is 16.3 Å². The summed E-state index contributed by atoms with van der Waals surface area (Å²) in [5.74, 6) is 0. The van der Waals surface area contributed by atoms with Crippen LogP contribution in [0.25, 0.3) is 0 Å². The van der Waals surface area contributed by atoms with Crippen molar-refractivity contribution in [3.8, 4) is 0 Å². The number of alkyl halides is 1. The Morgan fingerprint density at radius 3 is 2.78 bits per heavy atom. The fourth-order valence-electron chi connectivity index (χ4n) is 2.24. The SMILES string of the molecule is Cc1sc(Br)cc1C(Cl)c1ccc2c(c1)COC2. The molecule has 1 unspecified atom stereocenters. The summed E-state index contributed by atoms with van der Waals surface area (Å²) < 4.78 is 6.56. The van der Waals surface area contributed by atoms with Gasteiger partial charge in [0.1, 0.15) is 0 Å². The predicted molar refractivity (Wildman–Crippen MR) is 79.4 cm³/mol. The summed E-state index contributed by atoms with van der Waals surface area (Å²) >= 11 is 11.8. The first-order chi connectivity index (χ1) is 8.65. The quantitative estimate of drug-likeness (QED) is 0.683. The Morgan fingerprint density at radius 2 is 2.06 bits per heavy atom. The highest BCUT2D eigenvalue weighted by Gasteiger charge is 2.18. The van der Waals surface area contributed by atoms with Crippen LogP contribution >= 0.6 is 38.9 Å². The van der Waals surface area contributed by atoms with Crippen LogP contribution in [0.1, 0.15) is 32.5 Å². The van der Waals surface area contributed by atoms with Crippen molar-refractivity contribution in [2.75, 3.05) is 0 Å². The van der Waals surface area contributed by atoms with Gasteiger partial charge in [0.15, 0.2) is 0 Å². The molecule has 0 amide bonds. The van der Waals surface area contributed by atoms with Crippen LogP contribution in [0.15, 0.2) is 28.1 Å². The minimum atomic E-state index is -0.0848. The molecule has 0 radical (unpaired) electrons. The van der Waals surface area contributed by atoms with Crippen molar-refractivity contribution in [3.05, 3.63) is 55.2 Å². The molecule has 0 fully saturated rings. The monoisotopic (exact) mass is 342 g/mol. The van der Waals surface area contributed by atoms with Gasteiger partial charge in [0.05, 0.1) is 22.4 Å². The summed E-state index contributed by atoms with van der Waals surface area (Å²) in [6, 6.07) is 8.52. The lowest BCUT2D eigenvalue weighted by atomic mass is 10.0. The average Bonchev–Trinajstić information content (AvgIpc) is 2.93. The summed E-state index contributed by atoms with van der Waals surface area (Å²) in [4.78, 5) is 1.26. The summed E-state index contributed by atoms with van der Waals surface area (Å²) in [6.45, 7) is 3.54. The van der Waals surface area contributed by atoms with Gasteiger partial charge in [0.25, 0.3) is 0 Å². The minimum absolute atomic E-state index is 0.0848. The third-order valence-electron chi connectivity index (χ3n) is 3.24. The van der Waals surface area contributed by atoms with Gasteiger partial charge in [0.2, 0.25) is 0 Å². The lowest BCUT2D eigenvalue weighted by molar-refractivity contribution is 0.134. The lowest BCUT2D eigenvalue weighted by Gasteiger charge is -2.11. The van der Waals surface area contributed by atoms with E-state index in [9.17, 15) is 0 Å². The zero-order valence-electron chi connectivity index (χ0n) is 9.87. The van der Waals surface area contributed by atoms with E-state index in [0.29, 0.717) is 6.61 Å². The van der Waals surface area contributed by atoms with Crippen molar-refractivity contribution in [1.82, 2.24) is 0 Å². The molecule has 1 aliphatic heterocycles. The molecule has 1 aromatic heterocycles. The normalized spacial score (nSPS) is 15.7. The second kappa shape index (κ2) is 4.97. The van der Waals surface area contributed by atoms with Gasteiger partial charge in [-0.2, -0.15) is 0 Å². The van der Waals surface area contributed by atoms with Crippen molar-refractivity contribution in [2.45, 2.75) is 25.5 Å². The summed E-state index contributed by atoms with van der Waals surface area (Å²) in [5, 5.41) is -0.0848. The Hall–Kier alpha value is -0.350. The van der Waals surface area contributed by atoms with Crippen LogP contribution in [-0.4, -0.2) is 0 Å². The molecule has 4 heteroatoms. The van der Waals surface area contributed by atoms with Gasteiger partial charge in [0, 0.05) is 4.88 Å². The largest absolute Gasteiger partial charge is 0.372 e. The molecule has 0 aliphatic carbocycles. The molecular weight excluding hydrogens is 332 g/mol. The number of hydrogen-bond donors (Lipinski definition) is 0. The van der Waals surface area contributed by atoms with Gasteiger partial charge in [-0.15, -0.1) is 22.9 Å². The molecule has 0 saturated heterocycles. The molecule has 3 rings (SSSR count). The molecule has 18 heavy (non-hydrogen) atoms. The van der Waals surface area contributed by atoms with Gasteiger partial charge in [-0.25, -0.2) is 0 Å². The number of benzene rings is 1. The van der Waals surface area contributed by atoms with E-state index in [1.165, 1.54) is 21.6 Å². The van der Waals surface area contributed by atoms with E-state index >= 15 is 0 Å². The summed E-state index contributed by atoms with van der Waals surface area (Å²) in [6.07, 6.45) is 0. The van der Waals surface area contributed by atoms with Gasteiger partial charge < -0.3 is 4.74 Å². The number of ether oxygens (including phenoxy) is 1. The van der Waals surface area contributed by atoms with Crippen molar-refractivity contribution in [2.24, 2.45) is 0 Å². The molecule has 1 nitrogen and oxygen atoms in total. The van der Waals surface area contributed by atoms with Crippen LogP contribution in [0.5, 0.6) is 0 Å². The second-order valence-electron chi connectivity index (χ2n) is 4.45. The summed E-state index contributed by atoms with van der Waals surface area (Å²) in [5.41, 5.74) is 4.89. The topological polar surface area (TPSA) is 9.23 Å². The van der Waals surface area contributed by atoms with Crippen LogP contribution in [0.4, 0.5) is 0 Å². The van der Waals surface area contributed by atoms with E-state index in [2.05, 4.69) is 47.1 Å². The van der Waals surface area contributed by atoms with E-state index in [0.717, 1.165) is 16.0 Å². The molecule has 1 aromatic carbocycles. The van der Waals surface area contributed by atoms with Crippen molar-refractivity contribution < 1.29 is 4.74 Å². The van der Waals surface area contributed by atoms with E-state index in [1.54, 1.807) is 11.3 Å². The van der Waals surface area contributed by atoms with Crippen molar-refractivity contribution in [3.63, 3.8) is 0 Å². The van der Waals surface area contributed by atoms with Crippen molar-refractivity contribution in [1.29, 1.82) is 0 Å². The molecule has 0 spiro atoms. The first-order valence-electron chi connectivity index (χ1n) is 5.74. The Bertz CT molecular complexity index is 593. The summed E-state index contributed by atoms with van der Waals surface area (Å²) in [7, 11) is 0. The fourth-order valence-corrected chi connectivity index (χ4v) is 4.41. The van der Waals surface area contributed by atoms with Gasteiger partial charge in [-0.3, -0.25) is 0 Å². The predicted octanol–water partition coefficient (Wildman–Crippen LogP) is 5.18. The Morgan fingerprint density at radius 1 is 1.28 bits per heavy atom. The second-order valence-corrected chi connectivity index (χ2v) is 7.52. The number of halogens is 2. The highest BCUT2D eigenvalue weighted by atomic mass is 79.9. The maximum absolute atomic E-state index is 6.60. The molecular formula is C14H12BrClOS. The first-order valence-corrected chi connectivity index (χ1v) is 7.79. The molecule has 0 bridgehead atoms. The zero-order valence-corrected chi connectivity index (χ0v) is 13.0. The fraction of sp³-hybridized carbons (Fsp3) is 0.286. The molecule has 94 valence electrons. The van der Waals surface area contributed by atoms with Crippen LogP contribution in [0.2, 0.25) is 0 Å².